The van der Waals surface area contributed by atoms with E-state index in [0.29, 0.717) is 33.2 Å². The molecule has 0 amide bonds. The second kappa shape index (κ2) is 33.7. The molecule has 0 N–H and O–H groups in total. The van der Waals surface area contributed by atoms with Crippen molar-refractivity contribution in [2.75, 3.05) is 21.3 Å². The van der Waals surface area contributed by atoms with Crippen LogP contribution in [0, 0.1) is 28.1 Å². The molecule has 8 heteroatoms. The van der Waals surface area contributed by atoms with Crippen LogP contribution in [-0.4, -0.2) is 51.8 Å². The van der Waals surface area contributed by atoms with E-state index in [-0.39, 0.29) is 55.5 Å². The summed E-state index contributed by atoms with van der Waals surface area (Å²) in [7, 11) is 5.08. The molecule has 0 aromatic rings. The molecule has 0 aromatic carbocycles. The molecule has 0 aliphatic carbocycles. The molecule has 2 saturated heterocycles. The van der Waals surface area contributed by atoms with Crippen molar-refractivity contribution < 1.29 is 70.4 Å². The summed E-state index contributed by atoms with van der Waals surface area (Å²) in [5, 5.41) is 0. The second-order valence-corrected chi connectivity index (χ2v) is 4.88. The third-order valence-electron chi connectivity index (χ3n) is 3.74. The zero-order chi connectivity index (χ0) is 21.0. The molecule has 0 spiro atoms. The van der Waals surface area contributed by atoms with Crippen molar-refractivity contribution in [3.63, 3.8) is 0 Å². The molecule has 5 unspecified atom stereocenters. The van der Waals surface area contributed by atoms with Gasteiger partial charge in [-0.2, -0.15) is 6.61 Å². The van der Waals surface area contributed by atoms with E-state index in [1.54, 1.807) is 27.9 Å². The Morgan fingerprint density at radius 1 is 0.862 bits per heavy atom. The van der Waals surface area contributed by atoms with Gasteiger partial charge in [-0.15, -0.1) is 6.42 Å². The van der Waals surface area contributed by atoms with E-state index >= 15 is 0 Å². The van der Waals surface area contributed by atoms with Gasteiger partial charge in [-0.25, -0.2) is 6.61 Å². The summed E-state index contributed by atoms with van der Waals surface area (Å²) in [6.07, 6.45) is 3.74. The van der Waals surface area contributed by atoms with Crippen molar-refractivity contribution in [2.45, 2.75) is 91.3 Å². The molecule has 5 atom stereocenters. The molecule has 2 heterocycles. The van der Waals surface area contributed by atoms with Crippen LogP contribution in [0.3, 0.4) is 0 Å². The molecule has 178 valence electrons. The first-order valence-electron chi connectivity index (χ1n) is 9.44. The Morgan fingerprint density at radius 3 is 1.66 bits per heavy atom. The van der Waals surface area contributed by atoms with Gasteiger partial charge in [-0.05, 0) is 18.9 Å². The molecule has 2 aliphatic heterocycles. The van der Waals surface area contributed by atoms with E-state index in [1.807, 2.05) is 34.3 Å². The van der Waals surface area contributed by atoms with Crippen LogP contribution in [0.5, 0.6) is 0 Å². The van der Waals surface area contributed by atoms with Gasteiger partial charge >= 0.3 is 46.7 Å². The first-order valence-corrected chi connectivity index (χ1v) is 10.3. The third kappa shape index (κ3) is 18.4. The minimum atomic E-state index is -0.00931. The van der Waals surface area contributed by atoms with E-state index < -0.39 is 0 Å². The molecular weight excluding hydrogens is 534 g/mol. The van der Waals surface area contributed by atoms with Gasteiger partial charge in [-0.3, -0.25) is 0 Å². The number of hydrogen-bond donors (Lipinski definition) is 0. The Hall–Kier alpha value is 1.08. The van der Waals surface area contributed by atoms with Crippen molar-refractivity contribution in [3.8, 4) is 0 Å². The van der Waals surface area contributed by atoms with Crippen LogP contribution >= 0.6 is 0 Å². The fourth-order valence-electron chi connectivity index (χ4n) is 2.47. The average Bonchev–Trinajstić information content (AvgIpc) is 3.38. The van der Waals surface area contributed by atoms with E-state index in [2.05, 4.69) is 13.8 Å². The summed E-state index contributed by atoms with van der Waals surface area (Å²) in [4.78, 5) is 0. The van der Waals surface area contributed by atoms with Gasteiger partial charge in [-0.1, -0.05) is 41.5 Å². The summed E-state index contributed by atoms with van der Waals surface area (Å²) in [6.45, 7) is 15.7. The van der Waals surface area contributed by atoms with Crippen molar-refractivity contribution in [2.24, 2.45) is 0 Å². The maximum atomic E-state index is 8.30. The third-order valence-corrected chi connectivity index (χ3v) is 3.74. The van der Waals surface area contributed by atoms with Gasteiger partial charge in [0.15, 0.2) is 0 Å². The molecule has 0 saturated carbocycles. The molecule has 2 aliphatic rings. The van der Waals surface area contributed by atoms with Crippen LogP contribution in [0.15, 0.2) is 0 Å². The van der Waals surface area contributed by atoms with Gasteiger partial charge in [0.05, 0.1) is 12.2 Å². The van der Waals surface area contributed by atoms with E-state index in [4.69, 9.17) is 26.9 Å². The zero-order valence-electron chi connectivity index (χ0n) is 20.5. The Bertz CT molecular complexity index is 254. The Morgan fingerprint density at radius 2 is 1.34 bits per heavy atom. The Kier molecular flexibility index (Phi) is 51.0. The predicted molar refractivity (Wildman–Crippen MR) is 112 cm³/mol. The molecule has 0 bridgehead atoms. The number of methoxy groups -OCH3 is 3. The van der Waals surface area contributed by atoms with Crippen molar-refractivity contribution in [1.82, 2.24) is 0 Å². The molecule has 1 radical (unpaired) electrons. The first kappa shape index (κ1) is 43.9. The number of ether oxygens (including phenoxy) is 5. The standard InChI is InChI=1S/C8H15O3.C7H13O2.2C2H6.2CH3.2Nb.O/c1-4-6-8(10-3)7(9-2)5-11-6;1-3-6-7(8-2)4-5-9-6;2*1-2;;;;;/h5-8H,4H2,1-3H3;5-7H,3-4H2,1-2H3;2*1-2H3;2*1H3;;;/q2*-1;;;2*-1;;+2;. The van der Waals surface area contributed by atoms with Crippen LogP contribution in [-0.2, 0) is 70.4 Å². The SMILES string of the molecule is CC.CC.CCC1O[CH-]C(OC)C1OC.CCC1O[CH-]CC1OC.[CH3-].[CH3-].[Nb+2].[O]=[Nb]. The van der Waals surface area contributed by atoms with Gasteiger partial charge < -0.3 is 38.5 Å². The maximum absolute atomic E-state index is 8.30. The van der Waals surface area contributed by atoms with Gasteiger partial charge in [0.2, 0.25) is 0 Å². The Balaban J connectivity index is -0.0000000674. The second-order valence-electron chi connectivity index (χ2n) is 4.88. The molecule has 6 nitrogen and oxygen atoms in total. The van der Waals surface area contributed by atoms with Crippen molar-refractivity contribution >= 4 is 0 Å². The molecular formula is C21H46Nb2O6-2. The van der Waals surface area contributed by atoms with Crippen LogP contribution in [0.1, 0.15) is 60.8 Å². The predicted octanol–water partition coefficient (Wildman–Crippen LogP) is 5.18. The van der Waals surface area contributed by atoms with Crippen LogP contribution < -0.4 is 0 Å². The van der Waals surface area contributed by atoms with Crippen LogP contribution in [0.25, 0.3) is 0 Å². The van der Waals surface area contributed by atoms with Crippen LogP contribution in [0.2, 0.25) is 0 Å². The normalized spacial score (nSPS) is 25.9. The molecule has 29 heavy (non-hydrogen) atoms. The average molecular weight is 580 g/mol. The quantitative estimate of drug-likeness (QED) is 0.330. The molecule has 2 rings (SSSR count). The fraction of sp³-hybridized carbons (Fsp3) is 0.810. The minimum absolute atomic E-state index is 0. The summed E-state index contributed by atoms with van der Waals surface area (Å²) >= 11 is 0.500. The van der Waals surface area contributed by atoms with E-state index in [0.717, 1.165) is 19.3 Å². The summed E-state index contributed by atoms with van der Waals surface area (Å²) in [6, 6.07) is 0. The summed E-state index contributed by atoms with van der Waals surface area (Å²) in [5.74, 6) is 0. The summed E-state index contributed by atoms with van der Waals surface area (Å²) in [5.41, 5.74) is 0. The Labute approximate surface area is 210 Å². The van der Waals surface area contributed by atoms with Gasteiger partial charge in [0.1, 0.15) is 0 Å². The number of rotatable bonds is 5. The van der Waals surface area contributed by atoms with Gasteiger partial charge in [0.25, 0.3) is 0 Å². The van der Waals surface area contributed by atoms with E-state index in [1.165, 1.54) is 0 Å². The van der Waals surface area contributed by atoms with Crippen molar-refractivity contribution in [1.29, 1.82) is 0 Å². The first-order chi connectivity index (χ1) is 12.7. The van der Waals surface area contributed by atoms with Crippen molar-refractivity contribution in [3.05, 3.63) is 28.1 Å². The van der Waals surface area contributed by atoms with E-state index in [9.17, 15) is 0 Å². The monoisotopic (exact) mass is 580 g/mol. The zero-order valence-corrected chi connectivity index (χ0v) is 24.9. The summed E-state index contributed by atoms with van der Waals surface area (Å²) < 4.78 is 34.4. The molecule has 2 fully saturated rings. The van der Waals surface area contributed by atoms with Crippen LogP contribution in [0.4, 0.5) is 0 Å². The van der Waals surface area contributed by atoms with Gasteiger partial charge in [0, 0.05) is 33.5 Å². The number of hydrogen-bond acceptors (Lipinski definition) is 6. The fourth-order valence-corrected chi connectivity index (χ4v) is 2.47. The topological polar surface area (TPSA) is 63.2 Å². The molecule has 0 aromatic heterocycles.